The number of hydrogen-bond acceptors (Lipinski definition) is 6. The summed E-state index contributed by atoms with van der Waals surface area (Å²) in [5, 5.41) is 20.5. The van der Waals surface area contributed by atoms with Crippen LogP contribution in [-0.4, -0.2) is 38.4 Å². The Hall–Kier alpha value is -1.28. The van der Waals surface area contributed by atoms with Crippen molar-refractivity contribution < 1.29 is 14.8 Å². The predicted octanol–water partition coefficient (Wildman–Crippen LogP) is 1.46. The highest BCUT2D eigenvalue weighted by Crippen LogP contribution is 2.26. The molecule has 0 bridgehead atoms. The molecule has 0 saturated heterocycles. The van der Waals surface area contributed by atoms with Crippen LogP contribution >= 0.6 is 11.3 Å². The van der Waals surface area contributed by atoms with Gasteiger partial charge in [-0.3, -0.25) is 4.98 Å². The van der Waals surface area contributed by atoms with Crippen molar-refractivity contribution >= 4 is 23.2 Å². The third-order valence-electron chi connectivity index (χ3n) is 3.65. The number of rotatable bonds is 5. The van der Waals surface area contributed by atoms with Crippen molar-refractivity contribution in [2.24, 2.45) is 0 Å². The Balaban J connectivity index is 2.26. The second-order valence-corrected chi connectivity index (χ2v) is 6.73. The molecule has 2 heterocycles. The summed E-state index contributed by atoms with van der Waals surface area (Å²) in [5.41, 5.74) is 1.20. The number of aliphatic hydroxyl groups is 1. The van der Waals surface area contributed by atoms with Crippen molar-refractivity contribution in [3.63, 3.8) is 0 Å². The number of aromatic nitrogens is 2. The fourth-order valence-electron chi connectivity index (χ4n) is 1.63. The lowest BCUT2D eigenvalue weighted by Gasteiger charge is -2.38. The molecular weight excluding hydrogens is 287 g/mol. The fraction of sp³-hybridized carbons (Fsp3) is 0.429. The van der Waals surface area contributed by atoms with Gasteiger partial charge in [0.1, 0.15) is 0 Å². The summed E-state index contributed by atoms with van der Waals surface area (Å²) in [5.74, 6) is 0. The zero-order valence-corrected chi connectivity index (χ0v) is 13.4. The van der Waals surface area contributed by atoms with E-state index in [0.717, 1.165) is 5.56 Å². The van der Waals surface area contributed by atoms with Gasteiger partial charge in [0.05, 0.1) is 27.2 Å². The van der Waals surface area contributed by atoms with Gasteiger partial charge in [-0.1, -0.05) is 0 Å². The van der Waals surface area contributed by atoms with Crippen LogP contribution in [0.2, 0.25) is 0 Å². The Morgan fingerprint density at radius 3 is 2.38 bits per heavy atom. The van der Waals surface area contributed by atoms with Crippen molar-refractivity contribution in [1.29, 1.82) is 0 Å². The summed E-state index contributed by atoms with van der Waals surface area (Å²) in [6.45, 7) is 6.78. The lowest BCUT2D eigenvalue weighted by atomic mass is 9.80. The zero-order chi connectivity index (χ0) is 15.7. The third-order valence-corrected chi connectivity index (χ3v) is 4.51. The number of pyridine rings is 1. The van der Waals surface area contributed by atoms with Crippen LogP contribution < -0.4 is 4.78 Å². The summed E-state index contributed by atoms with van der Waals surface area (Å²) < 4.78 is 6.28. The van der Waals surface area contributed by atoms with Crippen LogP contribution in [0, 0.1) is 0 Å². The number of hydrogen-bond donors (Lipinski definition) is 2. The summed E-state index contributed by atoms with van der Waals surface area (Å²) >= 11 is 1.32. The van der Waals surface area contributed by atoms with E-state index in [0.29, 0.717) is 10.5 Å². The molecule has 0 fully saturated rings. The zero-order valence-electron chi connectivity index (χ0n) is 12.6. The molecule has 2 aromatic rings. The van der Waals surface area contributed by atoms with E-state index in [-0.39, 0.29) is 0 Å². The van der Waals surface area contributed by atoms with E-state index in [9.17, 15) is 10.1 Å². The first-order chi connectivity index (χ1) is 9.72. The minimum Gasteiger partial charge on any atom is -0.422 e. The molecule has 2 N–H and O–H groups in total. The molecule has 7 heteroatoms. The quantitative estimate of drug-likeness (QED) is 0.818. The van der Waals surface area contributed by atoms with E-state index < -0.39 is 18.3 Å². The van der Waals surface area contributed by atoms with Gasteiger partial charge in [-0.2, -0.15) is 0 Å². The van der Waals surface area contributed by atoms with Crippen molar-refractivity contribution in [2.45, 2.75) is 38.9 Å². The standard InChI is InChI=1S/C14H19BN2O3S/c1-13(2,18)14(3,4)20-15(19)12-11(17-9-21-12)10-5-7-16-8-6-10/h5-9,18-19H,1-4H3. The van der Waals surface area contributed by atoms with Crippen LogP contribution in [0.1, 0.15) is 27.7 Å². The fourth-order valence-corrected chi connectivity index (χ4v) is 2.35. The minimum absolute atomic E-state index is 0.610. The maximum absolute atomic E-state index is 10.4. The molecule has 0 aromatic carbocycles. The maximum atomic E-state index is 10.4. The molecule has 2 aromatic heterocycles. The molecule has 0 aliphatic rings. The molecule has 0 spiro atoms. The molecule has 0 saturated carbocycles. The first-order valence-electron chi connectivity index (χ1n) is 6.64. The molecular formula is C14H19BN2O3S. The molecule has 0 amide bonds. The summed E-state index contributed by atoms with van der Waals surface area (Å²) in [6.07, 6.45) is 3.35. The predicted molar refractivity (Wildman–Crippen MR) is 84.4 cm³/mol. The minimum atomic E-state index is -1.15. The van der Waals surface area contributed by atoms with E-state index in [1.807, 2.05) is 12.1 Å². The third kappa shape index (κ3) is 3.49. The van der Waals surface area contributed by atoms with Gasteiger partial charge in [0, 0.05) is 18.0 Å². The van der Waals surface area contributed by atoms with E-state index in [1.165, 1.54) is 11.3 Å². The van der Waals surface area contributed by atoms with Crippen LogP contribution in [0.15, 0.2) is 30.0 Å². The van der Waals surface area contributed by atoms with E-state index in [1.54, 1.807) is 45.6 Å². The average Bonchev–Trinajstić information content (AvgIpc) is 2.87. The second-order valence-electron chi connectivity index (χ2n) is 5.84. The normalized spacial score (nSPS) is 12.5. The van der Waals surface area contributed by atoms with E-state index in [2.05, 4.69) is 9.97 Å². The van der Waals surface area contributed by atoms with Crippen LogP contribution in [0.3, 0.4) is 0 Å². The average molecular weight is 306 g/mol. The Morgan fingerprint density at radius 2 is 1.81 bits per heavy atom. The van der Waals surface area contributed by atoms with Crippen LogP contribution in [0.4, 0.5) is 0 Å². The van der Waals surface area contributed by atoms with Gasteiger partial charge >= 0.3 is 7.12 Å². The van der Waals surface area contributed by atoms with Gasteiger partial charge in [-0.05, 0) is 39.8 Å². The Labute approximate surface area is 128 Å². The smallest absolute Gasteiger partial charge is 0.422 e. The first-order valence-corrected chi connectivity index (χ1v) is 7.52. The molecule has 112 valence electrons. The molecule has 0 aliphatic carbocycles. The van der Waals surface area contributed by atoms with Gasteiger partial charge in [0.2, 0.25) is 0 Å². The largest absolute Gasteiger partial charge is 0.504 e. The molecule has 0 aliphatic heterocycles. The Morgan fingerprint density at radius 1 is 1.19 bits per heavy atom. The van der Waals surface area contributed by atoms with Crippen LogP contribution in [0.5, 0.6) is 0 Å². The van der Waals surface area contributed by atoms with E-state index >= 15 is 0 Å². The van der Waals surface area contributed by atoms with Crippen LogP contribution in [-0.2, 0) is 4.65 Å². The summed E-state index contributed by atoms with van der Waals surface area (Å²) in [6, 6.07) is 3.65. The second kappa shape index (κ2) is 5.85. The topological polar surface area (TPSA) is 75.5 Å². The highest BCUT2D eigenvalue weighted by Gasteiger charge is 2.40. The SMILES string of the molecule is CC(C)(O)C(C)(C)OB(O)c1scnc1-c1ccncc1. The van der Waals surface area contributed by atoms with Gasteiger partial charge in [0.15, 0.2) is 0 Å². The number of thiazole rings is 1. The van der Waals surface area contributed by atoms with Gasteiger partial charge < -0.3 is 14.8 Å². The maximum Gasteiger partial charge on any atom is 0.504 e. The molecule has 0 radical (unpaired) electrons. The summed E-state index contributed by atoms with van der Waals surface area (Å²) in [4.78, 5) is 8.26. The lowest BCUT2D eigenvalue weighted by molar-refractivity contribution is -0.0981. The molecule has 2 rings (SSSR count). The summed E-state index contributed by atoms with van der Waals surface area (Å²) in [7, 11) is -1.15. The highest BCUT2D eigenvalue weighted by atomic mass is 32.1. The molecule has 0 unspecified atom stereocenters. The van der Waals surface area contributed by atoms with Crippen molar-refractivity contribution in [3.05, 3.63) is 30.0 Å². The van der Waals surface area contributed by atoms with Gasteiger partial charge in [-0.25, -0.2) is 4.98 Å². The highest BCUT2D eigenvalue weighted by molar-refractivity contribution is 7.21. The van der Waals surface area contributed by atoms with Gasteiger partial charge in [0.25, 0.3) is 0 Å². The molecule has 0 atom stereocenters. The van der Waals surface area contributed by atoms with Gasteiger partial charge in [-0.15, -0.1) is 11.3 Å². The monoisotopic (exact) mass is 306 g/mol. The van der Waals surface area contributed by atoms with Crippen molar-refractivity contribution in [1.82, 2.24) is 9.97 Å². The van der Waals surface area contributed by atoms with Crippen molar-refractivity contribution in [2.75, 3.05) is 0 Å². The van der Waals surface area contributed by atoms with E-state index in [4.69, 9.17) is 4.65 Å². The van der Waals surface area contributed by atoms with Crippen LogP contribution in [0.25, 0.3) is 11.3 Å². The van der Waals surface area contributed by atoms with Crippen molar-refractivity contribution in [3.8, 4) is 11.3 Å². The lowest BCUT2D eigenvalue weighted by Crippen LogP contribution is -2.53. The number of nitrogens with zero attached hydrogens (tertiary/aromatic N) is 2. The first kappa shape index (κ1) is 16.1. The Kier molecular flexibility index (Phi) is 4.48. The molecule has 21 heavy (non-hydrogen) atoms. The Bertz CT molecular complexity index is 596. The molecule has 5 nitrogen and oxygen atoms in total.